The lowest BCUT2D eigenvalue weighted by Crippen LogP contribution is -2.28. The molecule has 1 saturated heterocycles. The van der Waals surface area contributed by atoms with Gasteiger partial charge in [-0.15, -0.1) is 0 Å². The highest BCUT2D eigenvalue weighted by Gasteiger charge is 2.23. The first-order valence-corrected chi connectivity index (χ1v) is 9.30. The van der Waals surface area contributed by atoms with Gasteiger partial charge in [-0.25, -0.2) is 9.97 Å². The summed E-state index contributed by atoms with van der Waals surface area (Å²) in [7, 11) is 2.19. The third-order valence-corrected chi connectivity index (χ3v) is 4.87. The van der Waals surface area contributed by atoms with E-state index in [2.05, 4.69) is 57.1 Å². The number of rotatable bonds is 6. The average molecular weight is 328 g/mol. The molecule has 1 aromatic heterocycles. The Hall–Kier alpha value is -1.59. The maximum atomic E-state index is 4.35. The highest BCUT2D eigenvalue weighted by Crippen LogP contribution is 2.24. The normalized spacial score (nSPS) is 17.9. The molecule has 1 aliphatic rings. The molecule has 4 nitrogen and oxygen atoms in total. The largest absolute Gasteiger partial charge is 0.371 e. The topological polar surface area (TPSA) is 32.3 Å². The van der Waals surface area contributed by atoms with Crippen molar-refractivity contribution in [2.75, 3.05) is 37.8 Å². The summed E-state index contributed by atoms with van der Waals surface area (Å²) >= 11 is 1.58. The minimum Gasteiger partial charge on any atom is -0.371 e. The molecule has 0 aliphatic carbocycles. The molecule has 0 spiro atoms. The summed E-state index contributed by atoms with van der Waals surface area (Å²) in [6.07, 6.45) is 7.15. The van der Waals surface area contributed by atoms with E-state index in [0.29, 0.717) is 0 Å². The van der Waals surface area contributed by atoms with Crippen LogP contribution in [0.4, 0.5) is 5.69 Å². The van der Waals surface area contributed by atoms with Crippen molar-refractivity contribution in [3.8, 4) is 0 Å². The van der Waals surface area contributed by atoms with E-state index < -0.39 is 0 Å². The van der Waals surface area contributed by atoms with Gasteiger partial charge in [0.05, 0.1) is 0 Å². The van der Waals surface area contributed by atoms with Gasteiger partial charge in [0.2, 0.25) is 0 Å². The summed E-state index contributed by atoms with van der Waals surface area (Å²) < 4.78 is 0. The summed E-state index contributed by atoms with van der Waals surface area (Å²) in [5.41, 5.74) is 2.53. The lowest BCUT2D eigenvalue weighted by Gasteiger charge is -2.22. The standard InChI is InChI=1S/C18H24N4S/c1-21(13-16-10-19-18(23-2)20-11-16)12-15-8-9-22(14-15)17-6-4-3-5-7-17/h3-7,10-11,15H,8-9,12-14H2,1-2H3. The molecule has 0 N–H and O–H groups in total. The molecule has 0 amide bonds. The quantitative estimate of drug-likeness (QED) is 0.601. The predicted octanol–water partition coefficient (Wildman–Crippen LogP) is 3.16. The van der Waals surface area contributed by atoms with Crippen LogP contribution in [0.15, 0.2) is 47.9 Å². The molecular formula is C18H24N4S. The van der Waals surface area contributed by atoms with Gasteiger partial charge in [-0.2, -0.15) is 0 Å². The molecule has 122 valence electrons. The third-order valence-electron chi connectivity index (χ3n) is 4.29. The molecule has 1 atom stereocenters. The first kappa shape index (κ1) is 16.3. The van der Waals surface area contributed by atoms with Crippen molar-refractivity contribution in [2.24, 2.45) is 5.92 Å². The van der Waals surface area contributed by atoms with E-state index in [0.717, 1.165) is 37.3 Å². The Morgan fingerprint density at radius 3 is 2.65 bits per heavy atom. The van der Waals surface area contributed by atoms with Crippen LogP contribution in [0.3, 0.4) is 0 Å². The maximum absolute atomic E-state index is 4.35. The van der Waals surface area contributed by atoms with Gasteiger partial charge in [-0.1, -0.05) is 30.0 Å². The first-order chi connectivity index (χ1) is 11.2. The van der Waals surface area contributed by atoms with E-state index in [1.165, 1.54) is 17.7 Å². The Labute approximate surface area is 142 Å². The van der Waals surface area contributed by atoms with Crippen LogP contribution in [-0.2, 0) is 6.54 Å². The number of para-hydroxylation sites is 1. The number of anilines is 1. The van der Waals surface area contributed by atoms with Crippen LogP contribution in [0.1, 0.15) is 12.0 Å². The van der Waals surface area contributed by atoms with E-state index in [1.54, 1.807) is 11.8 Å². The Balaban J connectivity index is 1.49. The molecular weight excluding hydrogens is 304 g/mol. The van der Waals surface area contributed by atoms with Crippen molar-refractivity contribution >= 4 is 17.4 Å². The fraction of sp³-hybridized carbons (Fsp3) is 0.444. The van der Waals surface area contributed by atoms with E-state index in [9.17, 15) is 0 Å². The van der Waals surface area contributed by atoms with Gasteiger partial charge >= 0.3 is 0 Å². The molecule has 5 heteroatoms. The van der Waals surface area contributed by atoms with Crippen LogP contribution >= 0.6 is 11.8 Å². The van der Waals surface area contributed by atoms with Crippen molar-refractivity contribution < 1.29 is 0 Å². The van der Waals surface area contributed by atoms with Crippen molar-refractivity contribution in [1.82, 2.24) is 14.9 Å². The predicted molar refractivity (Wildman–Crippen MR) is 96.9 cm³/mol. The van der Waals surface area contributed by atoms with Crippen LogP contribution < -0.4 is 4.90 Å². The van der Waals surface area contributed by atoms with Gasteiger partial charge in [-0.05, 0) is 37.8 Å². The summed E-state index contributed by atoms with van der Waals surface area (Å²) in [6.45, 7) is 4.34. The molecule has 1 aliphatic heterocycles. The van der Waals surface area contributed by atoms with Crippen LogP contribution in [0, 0.1) is 5.92 Å². The Kier molecular flexibility index (Phi) is 5.51. The number of nitrogens with zero attached hydrogens (tertiary/aromatic N) is 4. The Morgan fingerprint density at radius 1 is 1.22 bits per heavy atom. The van der Waals surface area contributed by atoms with Gasteiger partial charge < -0.3 is 9.80 Å². The first-order valence-electron chi connectivity index (χ1n) is 8.08. The van der Waals surface area contributed by atoms with Gasteiger partial charge in [0, 0.05) is 49.8 Å². The highest BCUT2D eigenvalue weighted by atomic mass is 32.2. The highest BCUT2D eigenvalue weighted by molar-refractivity contribution is 7.98. The monoisotopic (exact) mass is 328 g/mol. The summed E-state index contributed by atoms with van der Waals surface area (Å²) in [6, 6.07) is 10.7. The van der Waals surface area contributed by atoms with Crippen LogP contribution in [0.2, 0.25) is 0 Å². The van der Waals surface area contributed by atoms with E-state index in [4.69, 9.17) is 0 Å². The van der Waals surface area contributed by atoms with Crippen molar-refractivity contribution in [1.29, 1.82) is 0 Å². The van der Waals surface area contributed by atoms with Crippen molar-refractivity contribution in [2.45, 2.75) is 18.1 Å². The lowest BCUT2D eigenvalue weighted by molar-refractivity contribution is 0.278. The fourth-order valence-corrected chi connectivity index (χ4v) is 3.52. The summed E-state index contributed by atoms with van der Waals surface area (Å²) in [5, 5.41) is 0.839. The van der Waals surface area contributed by atoms with Crippen LogP contribution in [0.25, 0.3) is 0 Å². The second-order valence-electron chi connectivity index (χ2n) is 6.21. The third kappa shape index (κ3) is 4.45. The van der Waals surface area contributed by atoms with Gasteiger partial charge in [0.1, 0.15) is 0 Å². The number of benzene rings is 1. The minimum atomic E-state index is 0.728. The van der Waals surface area contributed by atoms with E-state index >= 15 is 0 Å². The second-order valence-corrected chi connectivity index (χ2v) is 6.98. The molecule has 2 aromatic rings. The Bertz CT molecular complexity index is 602. The van der Waals surface area contributed by atoms with Crippen molar-refractivity contribution in [3.05, 3.63) is 48.3 Å². The maximum Gasteiger partial charge on any atom is 0.187 e. The molecule has 1 fully saturated rings. The summed E-state index contributed by atoms with van der Waals surface area (Å²) in [5.74, 6) is 0.728. The number of hydrogen-bond acceptors (Lipinski definition) is 5. The average Bonchev–Trinajstić information content (AvgIpc) is 3.04. The van der Waals surface area contributed by atoms with Crippen molar-refractivity contribution in [3.63, 3.8) is 0 Å². The minimum absolute atomic E-state index is 0.728. The Morgan fingerprint density at radius 2 is 1.96 bits per heavy atom. The van der Waals surface area contributed by atoms with E-state index in [-0.39, 0.29) is 0 Å². The zero-order valence-electron chi connectivity index (χ0n) is 13.9. The molecule has 3 rings (SSSR count). The van der Waals surface area contributed by atoms with Gasteiger partial charge in [0.15, 0.2) is 5.16 Å². The van der Waals surface area contributed by atoms with Gasteiger partial charge in [-0.3, -0.25) is 0 Å². The molecule has 23 heavy (non-hydrogen) atoms. The fourth-order valence-electron chi connectivity index (χ4n) is 3.20. The second kappa shape index (κ2) is 7.79. The molecule has 0 radical (unpaired) electrons. The van der Waals surface area contributed by atoms with Crippen LogP contribution in [-0.4, -0.2) is 47.8 Å². The molecule has 0 bridgehead atoms. The molecule has 1 unspecified atom stereocenters. The van der Waals surface area contributed by atoms with Crippen LogP contribution in [0.5, 0.6) is 0 Å². The molecule has 0 saturated carbocycles. The number of hydrogen-bond donors (Lipinski definition) is 0. The smallest absolute Gasteiger partial charge is 0.187 e. The summed E-state index contributed by atoms with van der Waals surface area (Å²) in [4.78, 5) is 13.6. The molecule has 1 aromatic carbocycles. The van der Waals surface area contributed by atoms with Gasteiger partial charge in [0.25, 0.3) is 0 Å². The number of thioether (sulfide) groups is 1. The van der Waals surface area contributed by atoms with E-state index in [1.807, 2.05) is 18.6 Å². The number of aromatic nitrogens is 2. The lowest BCUT2D eigenvalue weighted by atomic mass is 10.1. The SMILES string of the molecule is CSc1ncc(CN(C)CC2CCN(c3ccccc3)C2)cn1. The zero-order chi connectivity index (χ0) is 16.1. The molecule has 2 heterocycles. The zero-order valence-corrected chi connectivity index (χ0v) is 14.7.